The molecule has 0 aliphatic carbocycles. The molecule has 0 radical (unpaired) electrons. The van der Waals surface area contributed by atoms with Crippen LogP contribution in [0.5, 0.6) is 5.75 Å². The van der Waals surface area contributed by atoms with Gasteiger partial charge in [-0.25, -0.2) is 0 Å². The van der Waals surface area contributed by atoms with E-state index in [-0.39, 0.29) is 0 Å². The van der Waals surface area contributed by atoms with E-state index < -0.39 is 0 Å². The molecule has 0 amide bonds. The van der Waals surface area contributed by atoms with E-state index in [1.54, 1.807) is 0 Å². The summed E-state index contributed by atoms with van der Waals surface area (Å²) < 4.78 is 5.59. The maximum atomic E-state index is 5.59. The summed E-state index contributed by atoms with van der Waals surface area (Å²) >= 11 is 0. The summed E-state index contributed by atoms with van der Waals surface area (Å²) in [7, 11) is 0. The second-order valence-corrected chi connectivity index (χ2v) is 5.05. The van der Waals surface area contributed by atoms with E-state index in [2.05, 4.69) is 41.6 Å². The molecule has 3 nitrogen and oxygen atoms in total. The van der Waals surface area contributed by atoms with Crippen molar-refractivity contribution in [1.29, 1.82) is 0 Å². The second-order valence-electron chi connectivity index (χ2n) is 5.05. The van der Waals surface area contributed by atoms with Crippen molar-refractivity contribution in [1.82, 2.24) is 4.90 Å². The van der Waals surface area contributed by atoms with Gasteiger partial charge in [0.15, 0.2) is 0 Å². The van der Waals surface area contributed by atoms with Gasteiger partial charge in [0, 0.05) is 19.6 Å². The smallest absolute Gasteiger partial charge is 0.142 e. The molecule has 0 unspecified atom stereocenters. The fraction of sp³-hybridized carbons (Fsp3) is 0.412. The Labute approximate surface area is 121 Å². The maximum absolute atomic E-state index is 5.59. The molecule has 20 heavy (non-hydrogen) atoms. The van der Waals surface area contributed by atoms with Gasteiger partial charge in [-0.2, -0.15) is 0 Å². The minimum atomic E-state index is 0.754. The molecule has 0 spiro atoms. The summed E-state index contributed by atoms with van der Waals surface area (Å²) in [6.07, 6.45) is 6.12. The number of nitrogens with zero attached hydrogens (tertiary/aromatic N) is 1. The largest absolute Gasteiger partial charge is 0.490 e. The summed E-state index contributed by atoms with van der Waals surface area (Å²) in [4.78, 5) is 2.35. The van der Waals surface area contributed by atoms with Gasteiger partial charge in [0.05, 0.1) is 5.69 Å². The Bertz CT molecular complexity index is 446. The van der Waals surface area contributed by atoms with Crippen LogP contribution in [-0.2, 0) is 6.42 Å². The van der Waals surface area contributed by atoms with Crippen LogP contribution in [0.4, 0.5) is 5.69 Å². The number of nitrogens with one attached hydrogen (secondary N) is 1. The molecule has 1 aliphatic heterocycles. The molecule has 0 aromatic heterocycles. The lowest BCUT2D eigenvalue weighted by Gasteiger charge is -2.20. The Morgan fingerprint density at radius 1 is 1.25 bits per heavy atom. The monoisotopic (exact) mass is 272 g/mol. The number of benzene rings is 1. The molecule has 1 aliphatic rings. The van der Waals surface area contributed by atoms with Crippen LogP contribution in [0.2, 0.25) is 0 Å². The summed E-state index contributed by atoms with van der Waals surface area (Å²) in [5.74, 6) is 0.972. The van der Waals surface area contributed by atoms with Crippen molar-refractivity contribution in [2.24, 2.45) is 0 Å². The number of fused-ring (bicyclic) bond motifs is 1. The standard InChI is InChI=1S/C17H24N2O/c1-3-10-19(11-4-2)12-5-6-15-7-8-17-16(14-15)18-9-13-20-17/h3-4,7-8,14,18H,1-2,5-6,9-13H2. The van der Waals surface area contributed by atoms with Gasteiger partial charge in [-0.3, -0.25) is 4.90 Å². The molecule has 1 aromatic carbocycles. The summed E-state index contributed by atoms with van der Waals surface area (Å²) in [5, 5.41) is 3.38. The van der Waals surface area contributed by atoms with E-state index in [0.29, 0.717) is 0 Å². The highest BCUT2D eigenvalue weighted by Crippen LogP contribution is 2.28. The SMILES string of the molecule is C=CCN(CC=C)CCCc1ccc2c(c1)NCCO2. The van der Waals surface area contributed by atoms with Gasteiger partial charge < -0.3 is 10.1 Å². The predicted molar refractivity (Wildman–Crippen MR) is 85.6 cm³/mol. The van der Waals surface area contributed by atoms with Crippen molar-refractivity contribution < 1.29 is 4.74 Å². The zero-order valence-corrected chi connectivity index (χ0v) is 12.1. The predicted octanol–water partition coefficient (Wildman–Crippen LogP) is 3.10. The van der Waals surface area contributed by atoms with Crippen molar-refractivity contribution >= 4 is 5.69 Å². The van der Waals surface area contributed by atoms with E-state index >= 15 is 0 Å². The average molecular weight is 272 g/mol. The molecule has 0 fully saturated rings. The minimum absolute atomic E-state index is 0.754. The van der Waals surface area contributed by atoms with E-state index in [9.17, 15) is 0 Å². The molecule has 2 rings (SSSR count). The highest BCUT2D eigenvalue weighted by molar-refractivity contribution is 5.59. The Balaban J connectivity index is 1.84. The van der Waals surface area contributed by atoms with Crippen molar-refractivity contribution in [2.75, 3.05) is 38.1 Å². The zero-order valence-electron chi connectivity index (χ0n) is 12.1. The van der Waals surface area contributed by atoms with Crippen LogP contribution < -0.4 is 10.1 Å². The van der Waals surface area contributed by atoms with E-state index in [1.807, 2.05) is 12.2 Å². The highest BCUT2D eigenvalue weighted by Gasteiger charge is 2.09. The molecule has 1 heterocycles. The third kappa shape index (κ3) is 4.14. The molecule has 0 atom stereocenters. The van der Waals surface area contributed by atoms with Crippen LogP contribution in [0.1, 0.15) is 12.0 Å². The molecule has 0 bridgehead atoms. The first-order valence-corrected chi connectivity index (χ1v) is 7.27. The van der Waals surface area contributed by atoms with E-state index in [0.717, 1.165) is 57.1 Å². The third-order valence-electron chi connectivity index (χ3n) is 3.43. The lowest BCUT2D eigenvalue weighted by molar-refractivity contribution is 0.322. The molecule has 0 saturated carbocycles. The van der Waals surface area contributed by atoms with Gasteiger partial charge >= 0.3 is 0 Å². The Morgan fingerprint density at radius 2 is 2.05 bits per heavy atom. The number of rotatable bonds is 8. The minimum Gasteiger partial charge on any atom is -0.490 e. The molecule has 108 valence electrons. The number of hydrogen-bond donors (Lipinski definition) is 1. The number of ether oxygens (including phenoxy) is 1. The molecular weight excluding hydrogens is 248 g/mol. The Kier molecular flexibility index (Phi) is 5.69. The average Bonchev–Trinajstić information content (AvgIpc) is 2.47. The van der Waals surface area contributed by atoms with Crippen LogP contribution in [0.25, 0.3) is 0 Å². The van der Waals surface area contributed by atoms with Crippen LogP contribution >= 0.6 is 0 Å². The molecule has 0 saturated heterocycles. The van der Waals surface area contributed by atoms with Gasteiger partial charge in [0.25, 0.3) is 0 Å². The number of hydrogen-bond acceptors (Lipinski definition) is 3. The van der Waals surface area contributed by atoms with Gasteiger partial charge in [-0.1, -0.05) is 18.2 Å². The van der Waals surface area contributed by atoms with E-state index in [1.165, 1.54) is 5.56 Å². The van der Waals surface area contributed by atoms with E-state index in [4.69, 9.17) is 4.74 Å². The first kappa shape index (κ1) is 14.7. The fourth-order valence-corrected chi connectivity index (χ4v) is 2.47. The lowest BCUT2D eigenvalue weighted by Crippen LogP contribution is -2.25. The van der Waals surface area contributed by atoms with Crippen LogP contribution in [0, 0.1) is 0 Å². The number of aryl methyl sites for hydroxylation is 1. The molecule has 3 heteroatoms. The normalized spacial score (nSPS) is 13.2. The highest BCUT2D eigenvalue weighted by atomic mass is 16.5. The van der Waals surface area contributed by atoms with Crippen molar-refractivity contribution in [3.63, 3.8) is 0 Å². The topological polar surface area (TPSA) is 24.5 Å². The van der Waals surface area contributed by atoms with Crippen molar-refractivity contribution in [3.8, 4) is 5.75 Å². The van der Waals surface area contributed by atoms with Gasteiger partial charge in [0.2, 0.25) is 0 Å². The van der Waals surface area contributed by atoms with Crippen molar-refractivity contribution in [2.45, 2.75) is 12.8 Å². The third-order valence-corrected chi connectivity index (χ3v) is 3.43. The molecule has 1 N–H and O–H groups in total. The fourth-order valence-electron chi connectivity index (χ4n) is 2.47. The Hall–Kier alpha value is -1.74. The summed E-state index contributed by atoms with van der Waals surface area (Å²) in [5.41, 5.74) is 2.49. The maximum Gasteiger partial charge on any atom is 0.142 e. The molecular formula is C17H24N2O. The lowest BCUT2D eigenvalue weighted by atomic mass is 10.1. The zero-order chi connectivity index (χ0) is 14.2. The summed E-state index contributed by atoms with van der Waals surface area (Å²) in [6, 6.07) is 6.44. The van der Waals surface area contributed by atoms with Gasteiger partial charge in [0.1, 0.15) is 12.4 Å². The quantitative estimate of drug-likeness (QED) is 0.736. The first-order valence-electron chi connectivity index (χ1n) is 7.27. The first-order chi connectivity index (χ1) is 9.83. The van der Waals surface area contributed by atoms with Crippen LogP contribution in [-0.4, -0.2) is 37.7 Å². The Morgan fingerprint density at radius 3 is 2.80 bits per heavy atom. The molecule has 1 aromatic rings. The van der Waals surface area contributed by atoms with Gasteiger partial charge in [-0.15, -0.1) is 13.2 Å². The summed E-state index contributed by atoms with van der Waals surface area (Å²) in [6.45, 7) is 12.2. The van der Waals surface area contributed by atoms with Crippen LogP contribution in [0.15, 0.2) is 43.5 Å². The number of anilines is 1. The van der Waals surface area contributed by atoms with Crippen LogP contribution in [0.3, 0.4) is 0 Å². The van der Waals surface area contributed by atoms with Crippen molar-refractivity contribution in [3.05, 3.63) is 49.1 Å². The van der Waals surface area contributed by atoms with Gasteiger partial charge in [-0.05, 0) is 37.1 Å². The second kappa shape index (κ2) is 7.75.